The van der Waals surface area contributed by atoms with Crippen LogP contribution in [0.1, 0.15) is 32.8 Å². The molecule has 0 saturated heterocycles. The van der Waals surface area contributed by atoms with Crippen LogP contribution in [0, 0.1) is 0 Å². The van der Waals surface area contributed by atoms with Crippen LogP contribution < -0.4 is 10.1 Å². The van der Waals surface area contributed by atoms with E-state index in [9.17, 15) is 4.79 Å². The molecule has 0 aromatic heterocycles. The maximum atomic E-state index is 12.7. The Morgan fingerprint density at radius 3 is 2.86 bits per heavy atom. The van der Waals surface area contributed by atoms with Crippen molar-refractivity contribution < 1.29 is 14.3 Å². The van der Waals surface area contributed by atoms with Crippen molar-refractivity contribution in [3.63, 3.8) is 0 Å². The highest BCUT2D eigenvalue weighted by molar-refractivity contribution is 5.84. The molecule has 21 heavy (non-hydrogen) atoms. The normalized spacial score (nSPS) is 22.8. The molecule has 0 amide bonds. The zero-order valence-electron chi connectivity index (χ0n) is 12.9. The Balaban J connectivity index is 2.55. The molecule has 0 bridgehead atoms. The van der Waals surface area contributed by atoms with Crippen LogP contribution in [0.25, 0.3) is 0 Å². The average Bonchev–Trinajstić information content (AvgIpc) is 2.43. The number of rotatable bonds is 5. The molecule has 1 aromatic carbocycles. The van der Waals surface area contributed by atoms with E-state index in [1.54, 1.807) is 6.08 Å². The Bertz CT molecular complexity index is 539. The smallest absolute Gasteiger partial charge is 0.331 e. The largest absolute Gasteiger partial charge is 0.487 e. The fourth-order valence-corrected chi connectivity index (χ4v) is 2.89. The highest BCUT2D eigenvalue weighted by atomic mass is 16.5. The zero-order chi connectivity index (χ0) is 15.5. The zero-order valence-corrected chi connectivity index (χ0v) is 12.9. The van der Waals surface area contributed by atoms with Gasteiger partial charge in [-0.05, 0) is 26.8 Å². The fraction of sp³-hybridized carbons (Fsp3) is 0.471. The molecule has 0 radical (unpaired) electrons. The van der Waals surface area contributed by atoms with Gasteiger partial charge in [0.25, 0.3) is 0 Å². The quantitative estimate of drug-likeness (QED) is 0.669. The SMILES string of the molecule is C=CCNC1(C(=O)OCC)CC(C)(C)Oc2ccccc21. The Labute approximate surface area is 126 Å². The van der Waals surface area contributed by atoms with Crippen molar-refractivity contribution in [2.24, 2.45) is 0 Å². The van der Waals surface area contributed by atoms with E-state index in [1.807, 2.05) is 45.0 Å². The van der Waals surface area contributed by atoms with Crippen molar-refractivity contribution in [2.45, 2.75) is 38.3 Å². The molecular weight excluding hydrogens is 266 g/mol. The lowest BCUT2D eigenvalue weighted by Gasteiger charge is -2.44. The van der Waals surface area contributed by atoms with E-state index in [0.29, 0.717) is 19.6 Å². The minimum Gasteiger partial charge on any atom is -0.487 e. The van der Waals surface area contributed by atoms with Gasteiger partial charge in [0, 0.05) is 18.5 Å². The Morgan fingerprint density at radius 2 is 2.19 bits per heavy atom. The molecule has 1 aliphatic rings. The molecule has 0 saturated carbocycles. The lowest BCUT2D eigenvalue weighted by Crippen LogP contribution is -2.57. The van der Waals surface area contributed by atoms with Crippen LogP contribution in [-0.4, -0.2) is 24.7 Å². The van der Waals surface area contributed by atoms with Gasteiger partial charge in [-0.2, -0.15) is 0 Å². The number of nitrogens with one attached hydrogen (secondary N) is 1. The molecule has 0 fully saturated rings. The van der Waals surface area contributed by atoms with Crippen LogP contribution in [0.3, 0.4) is 0 Å². The molecule has 1 N–H and O–H groups in total. The van der Waals surface area contributed by atoms with Crippen molar-refractivity contribution in [1.82, 2.24) is 5.32 Å². The van der Waals surface area contributed by atoms with Crippen LogP contribution in [0.2, 0.25) is 0 Å². The van der Waals surface area contributed by atoms with Gasteiger partial charge in [-0.25, -0.2) is 4.79 Å². The van der Waals surface area contributed by atoms with Gasteiger partial charge in [-0.15, -0.1) is 6.58 Å². The van der Waals surface area contributed by atoms with Crippen LogP contribution in [-0.2, 0) is 15.1 Å². The molecule has 1 aliphatic heterocycles. The van der Waals surface area contributed by atoms with Gasteiger partial charge in [0.2, 0.25) is 0 Å². The molecule has 0 spiro atoms. The summed E-state index contributed by atoms with van der Waals surface area (Å²) in [5.41, 5.74) is -0.540. The Hall–Kier alpha value is -1.81. The minimum absolute atomic E-state index is 0.268. The minimum atomic E-state index is -0.900. The number of carbonyl (C=O) groups is 1. The monoisotopic (exact) mass is 289 g/mol. The summed E-state index contributed by atoms with van der Waals surface area (Å²) in [5, 5.41) is 3.31. The standard InChI is InChI=1S/C17H23NO3/c1-5-11-18-17(15(19)20-6-2)12-16(3,4)21-14-10-8-7-9-13(14)17/h5,7-10,18H,1,6,11-12H2,2-4H3. The number of carbonyl (C=O) groups excluding carboxylic acids is 1. The summed E-state index contributed by atoms with van der Waals surface area (Å²) in [6, 6.07) is 7.62. The highest BCUT2D eigenvalue weighted by Crippen LogP contribution is 2.44. The van der Waals surface area contributed by atoms with Gasteiger partial charge < -0.3 is 9.47 Å². The first-order chi connectivity index (χ1) is 9.95. The molecule has 1 aromatic rings. The highest BCUT2D eigenvalue weighted by Gasteiger charge is 2.51. The fourth-order valence-electron chi connectivity index (χ4n) is 2.89. The van der Waals surface area contributed by atoms with Crippen molar-refractivity contribution in [3.8, 4) is 5.75 Å². The predicted octanol–water partition coefficient (Wildman–Crippen LogP) is 2.78. The summed E-state index contributed by atoms with van der Waals surface area (Å²) in [4.78, 5) is 12.7. The van der Waals surface area contributed by atoms with Gasteiger partial charge in [0.1, 0.15) is 11.4 Å². The predicted molar refractivity (Wildman–Crippen MR) is 82.3 cm³/mol. The van der Waals surface area contributed by atoms with E-state index in [1.165, 1.54) is 0 Å². The van der Waals surface area contributed by atoms with E-state index in [4.69, 9.17) is 9.47 Å². The third-order valence-electron chi connectivity index (χ3n) is 3.60. The van der Waals surface area contributed by atoms with Gasteiger partial charge in [-0.1, -0.05) is 24.3 Å². The van der Waals surface area contributed by atoms with Crippen LogP contribution in [0.5, 0.6) is 5.75 Å². The molecule has 1 unspecified atom stereocenters. The van der Waals surface area contributed by atoms with Crippen molar-refractivity contribution in [2.75, 3.05) is 13.2 Å². The maximum absolute atomic E-state index is 12.7. The summed E-state index contributed by atoms with van der Waals surface area (Å²) >= 11 is 0. The summed E-state index contributed by atoms with van der Waals surface area (Å²) in [6.07, 6.45) is 2.25. The van der Waals surface area contributed by atoms with Gasteiger partial charge in [0.15, 0.2) is 5.54 Å². The molecule has 0 aliphatic carbocycles. The summed E-state index contributed by atoms with van der Waals surface area (Å²) in [6.45, 7) is 10.4. The number of ether oxygens (including phenoxy) is 2. The second-order valence-electron chi connectivity index (χ2n) is 5.83. The molecule has 4 nitrogen and oxygen atoms in total. The summed E-state index contributed by atoms with van der Waals surface area (Å²) < 4.78 is 11.3. The second kappa shape index (κ2) is 5.90. The molecule has 4 heteroatoms. The first kappa shape index (κ1) is 15.6. The number of hydrogen-bond donors (Lipinski definition) is 1. The number of hydrogen-bond acceptors (Lipinski definition) is 4. The van der Waals surface area contributed by atoms with E-state index < -0.39 is 11.1 Å². The maximum Gasteiger partial charge on any atom is 0.331 e. The Morgan fingerprint density at radius 1 is 1.48 bits per heavy atom. The lowest BCUT2D eigenvalue weighted by molar-refractivity contribution is -0.155. The van der Waals surface area contributed by atoms with Crippen molar-refractivity contribution in [1.29, 1.82) is 0 Å². The third-order valence-corrected chi connectivity index (χ3v) is 3.60. The molecular formula is C17H23NO3. The van der Waals surface area contributed by atoms with Crippen LogP contribution >= 0.6 is 0 Å². The van der Waals surface area contributed by atoms with E-state index >= 15 is 0 Å². The number of fused-ring (bicyclic) bond motifs is 1. The summed E-state index contributed by atoms with van der Waals surface area (Å²) in [5.74, 6) is 0.453. The molecule has 1 atom stereocenters. The van der Waals surface area contributed by atoms with E-state index in [2.05, 4.69) is 11.9 Å². The lowest BCUT2D eigenvalue weighted by atomic mass is 9.77. The van der Waals surface area contributed by atoms with Crippen molar-refractivity contribution >= 4 is 5.97 Å². The first-order valence-electron chi connectivity index (χ1n) is 7.27. The number of para-hydroxylation sites is 1. The van der Waals surface area contributed by atoms with Crippen LogP contribution in [0.4, 0.5) is 0 Å². The average molecular weight is 289 g/mol. The van der Waals surface area contributed by atoms with Gasteiger partial charge >= 0.3 is 5.97 Å². The van der Waals surface area contributed by atoms with Gasteiger partial charge in [0.05, 0.1) is 6.61 Å². The van der Waals surface area contributed by atoms with E-state index in [-0.39, 0.29) is 5.97 Å². The topological polar surface area (TPSA) is 47.6 Å². The van der Waals surface area contributed by atoms with E-state index in [0.717, 1.165) is 11.3 Å². The third kappa shape index (κ3) is 2.95. The summed E-state index contributed by atoms with van der Waals surface area (Å²) in [7, 11) is 0. The number of esters is 1. The Kier molecular flexibility index (Phi) is 4.37. The second-order valence-corrected chi connectivity index (χ2v) is 5.83. The van der Waals surface area contributed by atoms with Crippen molar-refractivity contribution in [3.05, 3.63) is 42.5 Å². The van der Waals surface area contributed by atoms with Crippen LogP contribution in [0.15, 0.2) is 36.9 Å². The molecule has 114 valence electrons. The molecule has 1 heterocycles. The number of benzene rings is 1. The van der Waals surface area contributed by atoms with Gasteiger partial charge in [-0.3, -0.25) is 5.32 Å². The first-order valence-corrected chi connectivity index (χ1v) is 7.27. The molecule has 2 rings (SSSR count).